The van der Waals surface area contributed by atoms with Gasteiger partial charge in [-0.3, -0.25) is 0 Å². The molecule has 3 rings (SSSR count). The number of aliphatic hydroxyl groups excluding tert-OH is 1. The number of anilines is 1. The van der Waals surface area contributed by atoms with Crippen LogP contribution in [0, 0.1) is 5.92 Å². The lowest BCUT2D eigenvalue weighted by molar-refractivity contribution is 0.155. The Bertz CT molecular complexity index is 523. The number of carbonyl (C=O) groups excluding carboxylic acids is 1. The van der Waals surface area contributed by atoms with E-state index in [-0.39, 0.29) is 12.1 Å². The molecule has 5 nitrogen and oxygen atoms in total. The summed E-state index contributed by atoms with van der Waals surface area (Å²) in [7, 11) is 0. The standard InChI is InChI=1S/C19H29N3O2/c23-18-9-5-11-21(13-10-18)19(24)20-14-16-6-4-12-22(15-16)17-7-2-1-3-8-17/h1-3,7-8,16,18,23H,4-6,9-15H2,(H,20,24). The molecular formula is C19H29N3O2. The lowest BCUT2D eigenvalue weighted by Gasteiger charge is -2.35. The highest BCUT2D eigenvalue weighted by Gasteiger charge is 2.23. The number of aliphatic hydroxyl groups is 1. The van der Waals surface area contributed by atoms with Gasteiger partial charge in [-0.1, -0.05) is 18.2 Å². The molecule has 132 valence electrons. The van der Waals surface area contributed by atoms with Gasteiger partial charge >= 0.3 is 6.03 Å². The van der Waals surface area contributed by atoms with Crippen molar-refractivity contribution in [1.29, 1.82) is 0 Å². The zero-order valence-electron chi connectivity index (χ0n) is 14.4. The monoisotopic (exact) mass is 331 g/mol. The van der Waals surface area contributed by atoms with Crippen LogP contribution in [0.25, 0.3) is 0 Å². The fraction of sp³-hybridized carbons (Fsp3) is 0.632. The van der Waals surface area contributed by atoms with Crippen LogP contribution in [0.3, 0.4) is 0 Å². The first-order valence-corrected chi connectivity index (χ1v) is 9.23. The first-order valence-electron chi connectivity index (χ1n) is 9.23. The fourth-order valence-electron chi connectivity index (χ4n) is 3.73. The predicted octanol–water partition coefficient (Wildman–Crippen LogP) is 2.46. The molecule has 0 bridgehead atoms. The van der Waals surface area contributed by atoms with Crippen LogP contribution >= 0.6 is 0 Å². The molecule has 2 unspecified atom stereocenters. The first kappa shape index (κ1) is 17.1. The Morgan fingerprint density at radius 1 is 1.08 bits per heavy atom. The number of hydrogen-bond acceptors (Lipinski definition) is 3. The van der Waals surface area contributed by atoms with Gasteiger partial charge in [0.2, 0.25) is 0 Å². The molecule has 2 aliphatic rings. The minimum atomic E-state index is -0.249. The van der Waals surface area contributed by atoms with Crippen LogP contribution in [0.1, 0.15) is 32.1 Å². The Hall–Kier alpha value is -1.75. The molecule has 2 saturated heterocycles. The van der Waals surface area contributed by atoms with Gasteiger partial charge in [-0.15, -0.1) is 0 Å². The second kappa shape index (κ2) is 8.38. The highest BCUT2D eigenvalue weighted by atomic mass is 16.3. The molecule has 0 radical (unpaired) electrons. The number of benzene rings is 1. The maximum Gasteiger partial charge on any atom is 0.317 e. The molecule has 0 saturated carbocycles. The van der Waals surface area contributed by atoms with Crippen LogP contribution in [-0.4, -0.2) is 54.9 Å². The molecule has 2 N–H and O–H groups in total. The number of nitrogens with one attached hydrogen (secondary N) is 1. The molecule has 2 heterocycles. The van der Waals surface area contributed by atoms with Crippen molar-refractivity contribution in [1.82, 2.24) is 10.2 Å². The number of hydrogen-bond donors (Lipinski definition) is 2. The summed E-state index contributed by atoms with van der Waals surface area (Å²) < 4.78 is 0. The van der Waals surface area contributed by atoms with Gasteiger partial charge < -0.3 is 20.2 Å². The van der Waals surface area contributed by atoms with Gasteiger partial charge in [-0.25, -0.2) is 4.79 Å². The molecule has 2 amide bonds. The highest BCUT2D eigenvalue weighted by molar-refractivity contribution is 5.74. The molecule has 0 spiro atoms. The van der Waals surface area contributed by atoms with Crippen LogP contribution in [0.5, 0.6) is 0 Å². The smallest absolute Gasteiger partial charge is 0.317 e. The molecule has 2 fully saturated rings. The Morgan fingerprint density at radius 2 is 1.88 bits per heavy atom. The average Bonchev–Trinajstić information content (AvgIpc) is 2.85. The number of piperidine rings is 1. The summed E-state index contributed by atoms with van der Waals surface area (Å²) >= 11 is 0. The van der Waals surface area contributed by atoms with Crippen LogP contribution in [0.4, 0.5) is 10.5 Å². The third-order valence-electron chi connectivity index (χ3n) is 5.17. The summed E-state index contributed by atoms with van der Waals surface area (Å²) in [6.07, 6.45) is 4.48. The van der Waals surface area contributed by atoms with E-state index in [1.807, 2.05) is 11.0 Å². The Balaban J connectivity index is 1.46. The number of rotatable bonds is 3. The van der Waals surface area contributed by atoms with Crippen molar-refractivity contribution >= 4 is 11.7 Å². The zero-order chi connectivity index (χ0) is 16.8. The van der Waals surface area contributed by atoms with E-state index in [1.165, 1.54) is 18.5 Å². The molecule has 1 aromatic carbocycles. The number of likely N-dealkylation sites (tertiary alicyclic amines) is 1. The van der Waals surface area contributed by atoms with Crippen molar-refractivity contribution in [3.8, 4) is 0 Å². The van der Waals surface area contributed by atoms with Gasteiger partial charge in [-0.2, -0.15) is 0 Å². The third-order valence-corrected chi connectivity index (χ3v) is 5.17. The van der Waals surface area contributed by atoms with E-state index in [0.717, 1.165) is 39.0 Å². The largest absolute Gasteiger partial charge is 0.393 e. The molecular weight excluding hydrogens is 302 g/mol. The minimum absolute atomic E-state index is 0.0286. The summed E-state index contributed by atoms with van der Waals surface area (Å²) in [5, 5.41) is 12.8. The second-order valence-corrected chi connectivity index (χ2v) is 7.05. The lowest BCUT2D eigenvalue weighted by atomic mass is 9.97. The Labute approximate surface area is 144 Å². The van der Waals surface area contributed by atoms with E-state index >= 15 is 0 Å². The number of para-hydroxylation sites is 1. The van der Waals surface area contributed by atoms with Crippen molar-refractivity contribution < 1.29 is 9.90 Å². The van der Waals surface area contributed by atoms with Gasteiger partial charge in [0.1, 0.15) is 0 Å². The van der Waals surface area contributed by atoms with Crippen molar-refractivity contribution in [2.24, 2.45) is 5.92 Å². The second-order valence-electron chi connectivity index (χ2n) is 7.05. The SMILES string of the molecule is O=C(NCC1CCCN(c2ccccc2)C1)N1CCCC(O)CC1. The van der Waals surface area contributed by atoms with Crippen molar-refractivity contribution in [3.63, 3.8) is 0 Å². The molecule has 2 aliphatic heterocycles. The number of nitrogens with zero attached hydrogens (tertiary/aromatic N) is 2. The highest BCUT2D eigenvalue weighted by Crippen LogP contribution is 2.22. The van der Waals surface area contributed by atoms with Crippen LogP contribution in [-0.2, 0) is 0 Å². The zero-order valence-corrected chi connectivity index (χ0v) is 14.4. The van der Waals surface area contributed by atoms with Crippen molar-refractivity contribution in [2.45, 2.75) is 38.2 Å². The van der Waals surface area contributed by atoms with Crippen molar-refractivity contribution in [3.05, 3.63) is 30.3 Å². The first-order chi connectivity index (χ1) is 11.7. The maximum atomic E-state index is 12.4. The summed E-state index contributed by atoms with van der Waals surface area (Å²) in [4.78, 5) is 16.6. The lowest BCUT2D eigenvalue weighted by Crippen LogP contribution is -2.45. The average molecular weight is 331 g/mol. The van der Waals surface area contributed by atoms with E-state index in [4.69, 9.17) is 0 Å². The summed E-state index contributed by atoms with van der Waals surface area (Å²) in [6, 6.07) is 10.5. The van der Waals surface area contributed by atoms with Gasteiger partial charge in [-0.05, 0) is 50.2 Å². The Kier molecular flexibility index (Phi) is 5.96. The molecule has 0 aliphatic carbocycles. The molecule has 5 heteroatoms. The minimum Gasteiger partial charge on any atom is -0.393 e. The van der Waals surface area contributed by atoms with Crippen molar-refractivity contribution in [2.75, 3.05) is 37.6 Å². The fourth-order valence-corrected chi connectivity index (χ4v) is 3.73. The van der Waals surface area contributed by atoms with E-state index in [0.29, 0.717) is 18.9 Å². The Morgan fingerprint density at radius 3 is 2.71 bits per heavy atom. The topological polar surface area (TPSA) is 55.8 Å². The van der Waals surface area contributed by atoms with E-state index in [1.54, 1.807) is 0 Å². The summed E-state index contributed by atoms with van der Waals surface area (Å²) in [6.45, 7) is 4.25. The van der Waals surface area contributed by atoms with E-state index < -0.39 is 0 Å². The predicted molar refractivity (Wildman–Crippen MR) is 96.2 cm³/mol. The van der Waals surface area contributed by atoms with Gasteiger partial charge in [0.25, 0.3) is 0 Å². The maximum absolute atomic E-state index is 12.4. The normalized spacial score (nSPS) is 25.2. The quantitative estimate of drug-likeness (QED) is 0.894. The van der Waals surface area contributed by atoms with Gasteiger partial charge in [0.15, 0.2) is 0 Å². The number of carbonyl (C=O) groups is 1. The third kappa shape index (κ3) is 4.63. The molecule has 1 aromatic rings. The molecule has 2 atom stereocenters. The van der Waals surface area contributed by atoms with E-state index in [9.17, 15) is 9.90 Å². The van der Waals surface area contributed by atoms with Gasteiger partial charge in [0, 0.05) is 38.4 Å². The number of amides is 2. The summed E-state index contributed by atoms with van der Waals surface area (Å²) in [5.41, 5.74) is 1.27. The molecule has 24 heavy (non-hydrogen) atoms. The van der Waals surface area contributed by atoms with Gasteiger partial charge in [0.05, 0.1) is 6.10 Å². The summed E-state index contributed by atoms with van der Waals surface area (Å²) in [5.74, 6) is 0.500. The van der Waals surface area contributed by atoms with E-state index in [2.05, 4.69) is 34.5 Å². The molecule has 0 aromatic heterocycles. The number of urea groups is 1. The van der Waals surface area contributed by atoms with Crippen LogP contribution < -0.4 is 10.2 Å². The van der Waals surface area contributed by atoms with Crippen LogP contribution in [0.15, 0.2) is 30.3 Å². The van der Waals surface area contributed by atoms with Crippen LogP contribution in [0.2, 0.25) is 0 Å².